The van der Waals surface area contributed by atoms with E-state index in [1.165, 1.54) is 38.8 Å². The Balaban J connectivity index is 1.94. The highest BCUT2D eigenvalue weighted by atomic mass is 15.1. The number of piperidine rings is 1. The Kier molecular flexibility index (Phi) is 5.38. The van der Waals surface area contributed by atoms with Gasteiger partial charge in [0.05, 0.1) is 0 Å². The second-order valence-electron chi connectivity index (χ2n) is 3.66. The standard InChI is InChI=1S/C9H18N4/c10-13-12-7-2-1-4-9-5-3-6-11-8-9/h9,11H,1-8H2. The van der Waals surface area contributed by atoms with E-state index < -0.39 is 0 Å². The average molecular weight is 182 g/mol. The van der Waals surface area contributed by atoms with Crippen LogP contribution in [0.25, 0.3) is 10.4 Å². The first kappa shape index (κ1) is 10.4. The Morgan fingerprint density at radius 1 is 1.46 bits per heavy atom. The highest BCUT2D eigenvalue weighted by molar-refractivity contribution is 4.68. The van der Waals surface area contributed by atoms with Crippen molar-refractivity contribution in [1.29, 1.82) is 0 Å². The van der Waals surface area contributed by atoms with Crippen LogP contribution in [0.5, 0.6) is 0 Å². The first-order valence-corrected chi connectivity index (χ1v) is 5.15. The summed E-state index contributed by atoms with van der Waals surface area (Å²) in [5, 5.41) is 6.92. The van der Waals surface area contributed by atoms with E-state index in [0.717, 1.165) is 12.3 Å². The van der Waals surface area contributed by atoms with Crippen LogP contribution in [0.3, 0.4) is 0 Å². The molecule has 13 heavy (non-hydrogen) atoms. The molecule has 0 bridgehead atoms. The van der Waals surface area contributed by atoms with Gasteiger partial charge in [-0.05, 0) is 50.2 Å². The monoisotopic (exact) mass is 182 g/mol. The quantitative estimate of drug-likeness (QED) is 0.302. The zero-order valence-corrected chi connectivity index (χ0v) is 8.08. The molecule has 0 amide bonds. The molecule has 0 aromatic rings. The lowest BCUT2D eigenvalue weighted by Crippen LogP contribution is -2.29. The Hall–Kier alpha value is -0.730. The molecule has 1 atom stereocenters. The molecule has 0 aromatic carbocycles. The summed E-state index contributed by atoms with van der Waals surface area (Å²) in [5.41, 5.74) is 8.06. The fourth-order valence-corrected chi connectivity index (χ4v) is 1.83. The van der Waals surface area contributed by atoms with Crippen LogP contribution >= 0.6 is 0 Å². The van der Waals surface area contributed by atoms with Crippen molar-refractivity contribution in [2.24, 2.45) is 11.0 Å². The third-order valence-electron chi connectivity index (χ3n) is 2.58. The van der Waals surface area contributed by atoms with Crippen molar-refractivity contribution in [1.82, 2.24) is 5.32 Å². The van der Waals surface area contributed by atoms with Crippen LogP contribution in [0.1, 0.15) is 32.1 Å². The molecule has 1 aliphatic rings. The normalized spacial score (nSPS) is 22.3. The summed E-state index contributed by atoms with van der Waals surface area (Å²) in [6.07, 6.45) is 6.22. The van der Waals surface area contributed by atoms with Gasteiger partial charge in [0.1, 0.15) is 0 Å². The molecule has 1 fully saturated rings. The van der Waals surface area contributed by atoms with Crippen molar-refractivity contribution >= 4 is 0 Å². The summed E-state index contributed by atoms with van der Waals surface area (Å²) in [4.78, 5) is 2.73. The van der Waals surface area contributed by atoms with Crippen LogP contribution in [0.2, 0.25) is 0 Å². The van der Waals surface area contributed by atoms with Crippen LogP contribution in [0.15, 0.2) is 5.11 Å². The first-order chi connectivity index (χ1) is 6.43. The fourth-order valence-electron chi connectivity index (χ4n) is 1.83. The molecule has 0 radical (unpaired) electrons. The molecule has 1 heterocycles. The van der Waals surface area contributed by atoms with E-state index in [0.29, 0.717) is 6.54 Å². The molecular weight excluding hydrogens is 164 g/mol. The summed E-state index contributed by atoms with van der Waals surface area (Å²) >= 11 is 0. The maximum absolute atomic E-state index is 8.06. The second-order valence-corrected chi connectivity index (χ2v) is 3.66. The third-order valence-corrected chi connectivity index (χ3v) is 2.58. The highest BCUT2D eigenvalue weighted by Crippen LogP contribution is 2.16. The minimum Gasteiger partial charge on any atom is -0.316 e. The first-order valence-electron chi connectivity index (χ1n) is 5.15. The topological polar surface area (TPSA) is 60.8 Å². The maximum atomic E-state index is 8.06. The van der Waals surface area contributed by atoms with Gasteiger partial charge in [-0.15, -0.1) is 0 Å². The molecule has 4 heteroatoms. The van der Waals surface area contributed by atoms with E-state index in [1.54, 1.807) is 0 Å². The average Bonchev–Trinajstić information content (AvgIpc) is 2.19. The summed E-state index contributed by atoms with van der Waals surface area (Å²) in [7, 11) is 0. The van der Waals surface area contributed by atoms with Crippen LogP contribution in [-0.4, -0.2) is 19.6 Å². The summed E-state index contributed by atoms with van der Waals surface area (Å²) in [5.74, 6) is 0.861. The zero-order valence-electron chi connectivity index (χ0n) is 8.08. The van der Waals surface area contributed by atoms with Gasteiger partial charge in [-0.2, -0.15) is 0 Å². The van der Waals surface area contributed by atoms with Gasteiger partial charge < -0.3 is 5.32 Å². The largest absolute Gasteiger partial charge is 0.316 e. The van der Waals surface area contributed by atoms with Gasteiger partial charge in [0, 0.05) is 11.5 Å². The second kappa shape index (κ2) is 6.75. The third kappa shape index (κ3) is 4.76. The zero-order chi connectivity index (χ0) is 9.36. The van der Waals surface area contributed by atoms with E-state index in [4.69, 9.17) is 5.53 Å². The van der Waals surface area contributed by atoms with Gasteiger partial charge in [0.2, 0.25) is 0 Å². The lowest BCUT2D eigenvalue weighted by atomic mass is 9.94. The van der Waals surface area contributed by atoms with Crippen LogP contribution in [0.4, 0.5) is 0 Å². The number of unbranched alkanes of at least 4 members (excludes halogenated alkanes) is 1. The van der Waals surface area contributed by atoms with Crippen molar-refractivity contribution in [3.63, 3.8) is 0 Å². The molecule has 1 N–H and O–H groups in total. The highest BCUT2D eigenvalue weighted by Gasteiger charge is 2.11. The van der Waals surface area contributed by atoms with Gasteiger partial charge >= 0.3 is 0 Å². The molecule has 1 rings (SSSR count). The summed E-state index contributed by atoms with van der Waals surface area (Å²) in [6, 6.07) is 0. The van der Waals surface area contributed by atoms with E-state index in [9.17, 15) is 0 Å². The van der Waals surface area contributed by atoms with Gasteiger partial charge in [0.25, 0.3) is 0 Å². The van der Waals surface area contributed by atoms with Crippen LogP contribution in [0, 0.1) is 5.92 Å². The van der Waals surface area contributed by atoms with Gasteiger partial charge in [0.15, 0.2) is 0 Å². The van der Waals surface area contributed by atoms with Crippen molar-refractivity contribution in [2.45, 2.75) is 32.1 Å². The number of nitrogens with one attached hydrogen (secondary N) is 1. The summed E-state index contributed by atoms with van der Waals surface area (Å²) in [6.45, 7) is 3.04. The molecule has 74 valence electrons. The molecular formula is C9H18N4. The maximum Gasteiger partial charge on any atom is 0.0257 e. The molecule has 4 nitrogen and oxygen atoms in total. The molecule has 0 aromatic heterocycles. The van der Waals surface area contributed by atoms with E-state index >= 15 is 0 Å². The number of hydrogen-bond donors (Lipinski definition) is 1. The van der Waals surface area contributed by atoms with E-state index in [-0.39, 0.29) is 0 Å². The van der Waals surface area contributed by atoms with Gasteiger partial charge in [-0.25, -0.2) is 0 Å². The van der Waals surface area contributed by atoms with Crippen molar-refractivity contribution in [2.75, 3.05) is 19.6 Å². The molecule has 0 spiro atoms. The molecule has 1 saturated heterocycles. The van der Waals surface area contributed by atoms with Crippen molar-refractivity contribution in [3.05, 3.63) is 10.4 Å². The Morgan fingerprint density at radius 3 is 3.08 bits per heavy atom. The predicted octanol–water partition coefficient (Wildman–Crippen LogP) is 2.47. The lowest BCUT2D eigenvalue weighted by Gasteiger charge is -2.22. The van der Waals surface area contributed by atoms with Crippen molar-refractivity contribution in [3.8, 4) is 0 Å². The van der Waals surface area contributed by atoms with E-state index in [1.807, 2.05) is 0 Å². The van der Waals surface area contributed by atoms with Crippen molar-refractivity contribution < 1.29 is 0 Å². The molecule has 0 saturated carbocycles. The Morgan fingerprint density at radius 2 is 2.38 bits per heavy atom. The van der Waals surface area contributed by atoms with Crippen LogP contribution < -0.4 is 5.32 Å². The van der Waals surface area contributed by atoms with Crippen LogP contribution in [-0.2, 0) is 0 Å². The number of azide groups is 1. The van der Waals surface area contributed by atoms with Gasteiger partial charge in [-0.3, -0.25) is 0 Å². The van der Waals surface area contributed by atoms with E-state index in [2.05, 4.69) is 15.3 Å². The number of hydrogen-bond acceptors (Lipinski definition) is 2. The molecule has 1 unspecified atom stereocenters. The minimum atomic E-state index is 0.663. The predicted molar refractivity (Wildman–Crippen MR) is 53.5 cm³/mol. The number of nitrogens with zero attached hydrogens (tertiary/aromatic N) is 3. The lowest BCUT2D eigenvalue weighted by molar-refractivity contribution is 0.348. The Labute approximate surface area is 79.3 Å². The summed E-state index contributed by atoms with van der Waals surface area (Å²) < 4.78 is 0. The molecule has 1 aliphatic heterocycles. The van der Waals surface area contributed by atoms with Gasteiger partial charge in [-0.1, -0.05) is 11.5 Å². The molecule has 0 aliphatic carbocycles. The smallest absolute Gasteiger partial charge is 0.0257 e. The SMILES string of the molecule is [N-]=[N+]=NCCCCC1CCCNC1. The Bertz CT molecular complexity index is 168. The fraction of sp³-hybridized carbons (Fsp3) is 1.00. The number of rotatable bonds is 5. The minimum absolute atomic E-state index is 0.663.